The summed E-state index contributed by atoms with van der Waals surface area (Å²) < 4.78 is 6.70. The molecule has 3 nitrogen and oxygen atoms in total. The zero-order chi connectivity index (χ0) is 39.6. The first-order valence-corrected chi connectivity index (χ1v) is 20.5. The Morgan fingerprint density at radius 3 is 1.53 bits per heavy atom. The van der Waals surface area contributed by atoms with Crippen molar-refractivity contribution in [1.82, 2.24) is 9.97 Å². The van der Waals surface area contributed by atoms with E-state index in [1.165, 1.54) is 38.8 Å². The average molecular weight is 765 g/mol. The summed E-state index contributed by atoms with van der Waals surface area (Å²) in [6, 6.07) is 77.7. The van der Waals surface area contributed by atoms with Gasteiger partial charge in [0, 0.05) is 27.8 Å². The van der Waals surface area contributed by atoms with Gasteiger partial charge in [-0.15, -0.1) is 0 Å². The van der Waals surface area contributed by atoms with Gasteiger partial charge in [0.2, 0.25) is 0 Å². The number of para-hydroxylation sites is 1. The quantitative estimate of drug-likeness (QED) is 0.175. The van der Waals surface area contributed by atoms with Crippen molar-refractivity contribution in [3.63, 3.8) is 0 Å². The highest BCUT2D eigenvalue weighted by atomic mass is 16.5. The molecule has 60 heavy (non-hydrogen) atoms. The molecule has 0 radical (unpaired) electrons. The smallest absolute Gasteiger partial charge is 0.160 e. The molecule has 0 atom stereocenters. The number of fused-ring (bicyclic) bond motifs is 10. The molecule has 0 amide bonds. The van der Waals surface area contributed by atoms with Crippen LogP contribution in [0.5, 0.6) is 11.5 Å². The first kappa shape index (κ1) is 34.2. The van der Waals surface area contributed by atoms with Crippen LogP contribution < -0.4 is 4.74 Å². The van der Waals surface area contributed by atoms with Gasteiger partial charge in [-0.2, -0.15) is 0 Å². The van der Waals surface area contributed by atoms with E-state index in [2.05, 4.69) is 212 Å². The number of hydrogen-bond acceptors (Lipinski definition) is 3. The zero-order valence-corrected chi connectivity index (χ0v) is 32.6. The third-order valence-corrected chi connectivity index (χ3v) is 12.4. The van der Waals surface area contributed by atoms with Crippen LogP contribution in [-0.4, -0.2) is 9.97 Å². The lowest BCUT2D eigenvalue weighted by atomic mass is 9.66. The minimum Gasteiger partial charge on any atom is -0.457 e. The number of ether oxygens (including phenoxy) is 1. The molecule has 0 saturated carbocycles. The minimum absolute atomic E-state index is 0.515. The lowest BCUT2D eigenvalue weighted by Crippen LogP contribution is -2.32. The van der Waals surface area contributed by atoms with Crippen molar-refractivity contribution in [3.05, 3.63) is 241 Å². The predicted molar refractivity (Wildman–Crippen MR) is 244 cm³/mol. The topological polar surface area (TPSA) is 35.0 Å². The number of rotatable bonds is 5. The van der Waals surface area contributed by atoms with Crippen LogP contribution in [0.4, 0.5) is 0 Å². The van der Waals surface area contributed by atoms with Crippen LogP contribution >= 0.6 is 0 Å². The van der Waals surface area contributed by atoms with E-state index in [1.807, 2.05) is 6.07 Å². The van der Waals surface area contributed by atoms with Crippen molar-refractivity contribution in [2.45, 2.75) is 5.41 Å². The summed E-state index contributed by atoms with van der Waals surface area (Å²) in [5.41, 5.74) is 16.4. The Kier molecular flexibility index (Phi) is 7.76. The molecule has 2 heterocycles. The summed E-state index contributed by atoms with van der Waals surface area (Å²) in [6.45, 7) is 0. The molecule has 10 aromatic rings. The fraction of sp³-hybridized carbons (Fsp3) is 0.0175. The minimum atomic E-state index is -0.515. The van der Waals surface area contributed by atoms with E-state index in [-0.39, 0.29) is 0 Å². The molecule has 12 rings (SSSR count). The third kappa shape index (κ3) is 5.23. The molecule has 2 aliphatic rings. The van der Waals surface area contributed by atoms with Gasteiger partial charge in [0.25, 0.3) is 0 Å². The Labute approximate surface area is 348 Å². The summed E-state index contributed by atoms with van der Waals surface area (Å²) in [6.07, 6.45) is 0. The standard InChI is InChI=1S/C57H36N2O/c1-3-15-38(16-4-1)42-32-33-47(44-20-8-7-19-43(42)44)53-36-52(39-17-5-2-6-18-39)58-56(59-53)40-29-27-37(28-30-40)41-31-34-55-51(35-41)57(50-25-13-14-26-54(50)60-55)48-23-11-9-21-45(48)46-22-10-12-24-49(46)57/h1-36H. The lowest BCUT2D eigenvalue weighted by Gasteiger charge is -2.39. The van der Waals surface area contributed by atoms with Crippen molar-refractivity contribution < 1.29 is 4.74 Å². The average Bonchev–Trinajstić information content (AvgIpc) is 3.62. The Hall–Kier alpha value is -7.88. The summed E-state index contributed by atoms with van der Waals surface area (Å²) >= 11 is 0. The molecular formula is C57H36N2O. The van der Waals surface area contributed by atoms with E-state index in [0.717, 1.165) is 67.2 Å². The SMILES string of the molecule is c1ccc(-c2cc(-c3ccc(-c4ccccc4)c4ccccc34)nc(-c3ccc(-c4ccc5c(c4)C4(c6ccccc6O5)c5ccccc5-c5ccccc54)cc3)n2)cc1. The van der Waals surface area contributed by atoms with Crippen LogP contribution in [0, 0.1) is 0 Å². The number of aromatic nitrogens is 2. The Morgan fingerprint density at radius 1 is 0.300 bits per heavy atom. The number of benzene rings is 9. The summed E-state index contributed by atoms with van der Waals surface area (Å²) in [4.78, 5) is 10.5. The second-order valence-electron chi connectivity index (χ2n) is 15.6. The van der Waals surface area contributed by atoms with Gasteiger partial charge in [0.15, 0.2) is 5.82 Å². The largest absolute Gasteiger partial charge is 0.457 e. The second kappa shape index (κ2) is 13.6. The first-order valence-electron chi connectivity index (χ1n) is 20.5. The van der Waals surface area contributed by atoms with Crippen LogP contribution in [0.1, 0.15) is 22.3 Å². The maximum absolute atomic E-state index is 6.70. The van der Waals surface area contributed by atoms with Crippen molar-refractivity contribution in [2.24, 2.45) is 0 Å². The second-order valence-corrected chi connectivity index (χ2v) is 15.6. The molecule has 1 aliphatic carbocycles. The fourth-order valence-corrected chi connectivity index (χ4v) is 9.71. The van der Waals surface area contributed by atoms with Gasteiger partial charge in [-0.3, -0.25) is 0 Å². The molecule has 280 valence electrons. The monoisotopic (exact) mass is 764 g/mol. The van der Waals surface area contributed by atoms with E-state index < -0.39 is 5.41 Å². The molecule has 0 fully saturated rings. The van der Waals surface area contributed by atoms with E-state index in [0.29, 0.717) is 5.82 Å². The van der Waals surface area contributed by atoms with Gasteiger partial charge in [0.05, 0.1) is 16.8 Å². The molecule has 1 spiro atoms. The van der Waals surface area contributed by atoms with Crippen LogP contribution in [0.15, 0.2) is 218 Å². The summed E-state index contributed by atoms with van der Waals surface area (Å²) in [5.74, 6) is 2.46. The van der Waals surface area contributed by atoms with Crippen molar-refractivity contribution in [3.8, 4) is 78.8 Å². The Balaban J connectivity index is 0.982. The lowest BCUT2D eigenvalue weighted by molar-refractivity contribution is 0.436. The third-order valence-electron chi connectivity index (χ3n) is 12.4. The van der Waals surface area contributed by atoms with Crippen molar-refractivity contribution >= 4 is 10.8 Å². The van der Waals surface area contributed by atoms with Gasteiger partial charge in [-0.25, -0.2) is 9.97 Å². The molecule has 3 heteroatoms. The molecular weight excluding hydrogens is 729 g/mol. The maximum Gasteiger partial charge on any atom is 0.160 e. The molecule has 1 aromatic heterocycles. The predicted octanol–water partition coefficient (Wildman–Crippen LogP) is 14.4. The summed E-state index contributed by atoms with van der Waals surface area (Å²) in [5, 5.41) is 2.35. The van der Waals surface area contributed by atoms with Gasteiger partial charge >= 0.3 is 0 Å². The molecule has 0 unspecified atom stereocenters. The van der Waals surface area contributed by atoms with Crippen LogP contribution in [0.3, 0.4) is 0 Å². The zero-order valence-electron chi connectivity index (χ0n) is 32.6. The van der Waals surface area contributed by atoms with Crippen molar-refractivity contribution in [2.75, 3.05) is 0 Å². The van der Waals surface area contributed by atoms with Gasteiger partial charge in [-0.1, -0.05) is 194 Å². The number of nitrogens with zero attached hydrogens (tertiary/aromatic N) is 2. The first-order chi connectivity index (χ1) is 29.7. The summed E-state index contributed by atoms with van der Waals surface area (Å²) in [7, 11) is 0. The van der Waals surface area contributed by atoms with Crippen LogP contribution in [0.2, 0.25) is 0 Å². The Morgan fingerprint density at radius 2 is 0.817 bits per heavy atom. The highest BCUT2D eigenvalue weighted by Gasteiger charge is 2.51. The van der Waals surface area contributed by atoms with Crippen LogP contribution in [-0.2, 0) is 5.41 Å². The molecule has 9 aromatic carbocycles. The van der Waals surface area contributed by atoms with Crippen molar-refractivity contribution in [1.29, 1.82) is 0 Å². The fourth-order valence-electron chi connectivity index (χ4n) is 9.71. The molecule has 0 N–H and O–H groups in total. The number of hydrogen-bond donors (Lipinski definition) is 0. The Bertz CT molecular complexity index is 3240. The van der Waals surface area contributed by atoms with Gasteiger partial charge in [-0.05, 0) is 79.5 Å². The van der Waals surface area contributed by atoms with E-state index in [4.69, 9.17) is 14.7 Å². The van der Waals surface area contributed by atoms with Crippen LogP contribution in [0.25, 0.3) is 78.1 Å². The van der Waals surface area contributed by atoms with Gasteiger partial charge < -0.3 is 4.74 Å². The highest BCUT2D eigenvalue weighted by Crippen LogP contribution is 2.62. The molecule has 0 saturated heterocycles. The van der Waals surface area contributed by atoms with Gasteiger partial charge in [0.1, 0.15) is 11.5 Å². The highest BCUT2D eigenvalue weighted by molar-refractivity contribution is 6.04. The maximum atomic E-state index is 6.70. The molecule has 0 bridgehead atoms. The van der Waals surface area contributed by atoms with E-state index >= 15 is 0 Å². The van der Waals surface area contributed by atoms with E-state index in [1.54, 1.807) is 0 Å². The molecule has 1 aliphatic heterocycles. The normalized spacial score (nSPS) is 12.9. The van der Waals surface area contributed by atoms with E-state index in [9.17, 15) is 0 Å².